The Bertz CT molecular complexity index is 210. The highest BCUT2D eigenvalue weighted by molar-refractivity contribution is 4.92. The van der Waals surface area contributed by atoms with Crippen molar-refractivity contribution in [1.29, 1.82) is 0 Å². The molecule has 0 amide bonds. The largest absolute Gasteiger partial charge is 0.389 e. The van der Waals surface area contributed by atoms with Crippen LogP contribution in [0.25, 0.3) is 0 Å². The van der Waals surface area contributed by atoms with Gasteiger partial charge in [0, 0.05) is 19.1 Å². The Labute approximate surface area is 92.8 Å². The van der Waals surface area contributed by atoms with Crippen LogP contribution in [0, 0.1) is 5.92 Å². The monoisotopic (exact) mass is 212 g/mol. The third-order valence-corrected chi connectivity index (χ3v) is 4.16. The van der Waals surface area contributed by atoms with Crippen molar-refractivity contribution in [2.24, 2.45) is 5.92 Å². The van der Waals surface area contributed by atoms with Crippen molar-refractivity contribution in [3.05, 3.63) is 0 Å². The standard InChI is InChI=1S/C12H24N2O/c1-3-12(2,15)9-13-11-8-14-6-4-10(11)5-7-14/h10-11,13,15H,3-9H2,1-2H3. The van der Waals surface area contributed by atoms with Gasteiger partial charge >= 0.3 is 0 Å². The average molecular weight is 212 g/mol. The molecule has 2 bridgehead atoms. The number of piperidine rings is 3. The maximum atomic E-state index is 9.95. The highest BCUT2D eigenvalue weighted by atomic mass is 16.3. The van der Waals surface area contributed by atoms with Crippen LogP contribution in [0.5, 0.6) is 0 Å². The minimum absolute atomic E-state index is 0.536. The van der Waals surface area contributed by atoms with Crippen LogP contribution in [0.15, 0.2) is 0 Å². The Hall–Kier alpha value is -0.120. The van der Waals surface area contributed by atoms with Crippen molar-refractivity contribution in [1.82, 2.24) is 10.2 Å². The summed E-state index contributed by atoms with van der Waals surface area (Å²) in [6.07, 6.45) is 3.50. The molecular formula is C12H24N2O. The van der Waals surface area contributed by atoms with Crippen molar-refractivity contribution in [2.45, 2.75) is 44.8 Å². The van der Waals surface area contributed by atoms with E-state index < -0.39 is 5.60 Å². The zero-order valence-electron chi connectivity index (χ0n) is 10.00. The molecule has 2 atom stereocenters. The molecule has 3 saturated heterocycles. The van der Waals surface area contributed by atoms with E-state index in [0.29, 0.717) is 6.04 Å². The van der Waals surface area contributed by atoms with Gasteiger partial charge < -0.3 is 15.3 Å². The fraction of sp³-hybridized carbons (Fsp3) is 1.00. The van der Waals surface area contributed by atoms with Gasteiger partial charge in [0.05, 0.1) is 5.60 Å². The van der Waals surface area contributed by atoms with Gasteiger partial charge in [-0.15, -0.1) is 0 Å². The van der Waals surface area contributed by atoms with Gasteiger partial charge in [0.25, 0.3) is 0 Å². The van der Waals surface area contributed by atoms with E-state index in [4.69, 9.17) is 0 Å². The first-order valence-electron chi connectivity index (χ1n) is 6.29. The molecule has 2 N–H and O–H groups in total. The molecule has 3 heteroatoms. The topological polar surface area (TPSA) is 35.5 Å². The highest BCUT2D eigenvalue weighted by Gasteiger charge is 2.34. The van der Waals surface area contributed by atoms with Gasteiger partial charge in [0.1, 0.15) is 0 Å². The summed E-state index contributed by atoms with van der Waals surface area (Å²) in [5, 5.41) is 13.5. The van der Waals surface area contributed by atoms with Crippen molar-refractivity contribution in [3.8, 4) is 0 Å². The predicted octanol–water partition coefficient (Wildman–Crippen LogP) is 0.831. The van der Waals surface area contributed by atoms with Gasteiger partial charge in [-0.3, -0.25) is 0 Å². The molecular weight excluding hydrogens is 188 g/mol. The molecule has 0 aromatic carbocycles. The number of nitrogens with zero attached hydrogens (tertiary/aromatic N) is 1. The van der Waals surface area contributed by atoms with Gasteiger partial charge in [-0.2, -0.15) is 0 Å². The highest BCUT2D eigenvalue weighted by Crippen LogP contribution is 2.27. The number of nitrogens with one attached hydrogen (secondary N) is 1. The first kappa shape index (κ1) is 11.4. The Morgan fingerprint density at radius 2 is 2.07 bits per heavy atom. The maximum Gasteiger partial charge on any atom is 0.0741 e. The molecule has 0 spiro atoms. The molecule has 0 radical (unpaired) electrons. The van der Waals surface area contributed by atoms with E-state index >= 15 is 0 Å². The van der Waals surface area contributed by atoms with Crippen LogP contribution in [0.4, 0.5) is 0 Å². The Balaban J connectivity index is 1.80. The zero-order valence-corrected chi connectivity index (χ0v) is 10.00. The second-order valence-electron chi connectivity index (χ2n) is 5.48. The summed E-state index contributed by atoms with van der Waals surface area (Å²) in [4.78, 5) is 2.54. The molecule has 3 nitrogen and oxygen atoms in total. The molecule has 0 saturated carbocycles. The first-order chi connectivity index (χ1) is 7.11. The van der Waals surface area contributed by atoms with Gasteiger partial charge in [-0.25, -0.2) is 0 Å². The van der Waals surface area contributed by atoms with Crippen molar-refractivity contribution >= 4 is 0 Å². The summed E-state index contributed by atoms with van der Waals surface area (Å²) < 4.78 is 0. The number of rotatable bonds is 4. The third kappa shape index (κ3) is 2.71. The van der Waals surface area contributed by atoms with Crippen LogP contribution in [0.1, 0.15) is 33.1 Å². The maximum absolute atomic E-state index is 9.95. The van der Waals surface area contributed by atoms with E-state index in [1.165, 1.54) is 32.5 Å². The molecule has 3 rings (SSSR count). The number of hydrogen-bond acceptors (Lipinski definition) is 3. The Kier molecular flexibility index (Phi) is 3.33. The number of fused-ring (bicyclic) bond motifs is 3. The SMILES string of the molecule is CCC(C)(O)CNC1CN2CCC1CC2. The zero-order chi connectivity index (χ0) is 10.9. The Morgan fingerprint density at radius 3 is 2.53 bits per heavy atom. The van der Waals surface area contributed by atoms with Gasteiger partial charge in [0.15, 0.2) is 0 Å². The van der Waals surface area contributed by atoms with E-state index in [1.54, 1.807) is 0 Å². The molecule has 3 heterocycles. The second-order valence-corrected chi connectivity index (χ2v) is 5.48. The minimum Gasteiger partial charge on any atom is -0.389 e. The van der Waals surface area contributed by atoms with Crippen LogP contribution >= 0.6 is 0 Å². The Morgan fingerprint density at radius 1 is 1.40 bits per heavy atom. The normalized spacial score (nSPS) is 39.0. The number of hydrogen-bond donors (Lipinski definition) is 2. The molecule has 2 unspecified atom stereocenters. The van der Waals surface area contributed by atoms with Gasteiger partial charge in [0.2, 0.25) is 0 Å². The molecule has 0 aliphatic carbocycles. The molecule has 88 valence electrons. The fourth-order valence-corrected chi connectivity index (χ4v) is 2.67. The summed E-state index contributed by atoms with van der Waals surface area (Å²) in [7, 11) is 0. The minimum atomic E-state index is -0.536. The van der Waals surface area contributed by atoms with E-state index in [9.17, 15) is 5.11 Å². The van der Waals surface area contributed by atoms with E-state index in [-0.39, 0.29) is 0 Å². The van der Waals surface area contributed by atoms with Crippen molar-refractivity contribution in [2.75, 3.05) is 26.2 Å². The lowest BCUT2D eigenvalue weighted by atomic mass is 9.83. The molecule has 3 fully saturated rings. The van der Waals surface area contributed by atoms with Crippen molar-refractivity contribution < 1.29 is 5.11 Å². The van der Waals surface area contributed by atoms with Crippen LogP contribution in [0.2, 0.25) is 0 Å². The van der Waals surface area contributed by atoms with Crippen LogP contribution in [-0.4, -0.2) is 47.8 Å². The summed E-state index contributed by atoms with van der Waals surface area (Å²) in [6, 6.07) is 0.616. The first-order valence-corrected chi connectivity index (χ1v) is 6.29. The van der Waals surface area contributed by atoms with E-state index in [2.05, 4.69) is 10.2 Å². The molecule has 15 heavy (non-hydrogen) atoms. The van der Waals surface area contributed by atoms with Crippen LogP contribution < -0.4 is 5.32 Å². The molecule has 3 aliphatic heterocycles. The molecule has 0 aromatic heterocycles. The summed E-state index contributed by atoms with van der Waals surface area (Å²) in [5.74, 6) is 0.850. The van der Waals surface area contributed by atoms with E-state index in [1.807, 2.05) is 13.8 Å². The summed E-state index contributed by atoms with van der Waals surface area (Å²) >= 11 is 0. The fourth-order valence-electron chi connectivity index (χ4n) is 2.67. The van der Waals surface area contributed by atoms with Gasteiger partial charge in [-0.05, 0) is 45.2 Å². The molecule has 3 aliphatic rings. The average Bonchev–Trinajstić information content (AvgIpc) is 2.28. The summed E-state index contributed by atoms with van der Waals surface area (Å²) in [6.45, 7) is 8.45. The molecule has 0 aromatic rings. The lowest BCUT2D eigenvalue weighted by molar-refractivity contribution is 0.0285. The quantitative estimate of drug-likeness (QED) is 0.724. The lowest BCUT2D eigenvalue weighted by Gasteiger charge is -2.45. The second kappa shape index (κ2) is 4.40. The van der Waals surface area contributed by atoms with Crippen LogP contribution in [-0.2, 0) is 0 Å². The lowest BCUT2D eigenvalue weighted by Crippen LogP contribution is -2.58. The van der Waals surface area contributed by atoms with Crippen LogP contribution in [0.3, 0.4) is 0 Å². The third-order valence-electron chi connectivity index (χ3n) is 4.16. The predicted molar refractivity (Wildman–Crippen MR) is 61.9 cm³/mol. The van der Waals surface area contributed by atoms with Crippen molar-refractivity contribution in [3.63, 3.8) is 0 Å². The smallest absolute Gasteiger partial charge is 0.0741 e. The summed E-state index contributed by atoms with van der Waals surface area (Å²) in [5.41, 5.74) is -0.536. The van der Waals surface area contributed by atoms with E-state index in [0.717, 1.165) is 18.9 Å². The number of aliphatic hydroxyl groups is 1. The van der Waals surface area contributed by atoms with Gasteiger partial charge in [-0.1, -0.05) is 6.92 Å².